The third-order valence-corrected chi connectivity index (χ3v) is 9.20. The summed E-state index contributed by atoms with van der Waals surface area (Å²) in [6.45, 7) is 0. The van der Waals surface area contributed by atoms with Crippen molar-refractivity contribution in [2.75, 3.05) is 7.05 Å². The molecule has 0 N–H and O–H groups in total. The van der Waals surface area contributed by atoms with Gasteiger partial charge >= 0.3 is 6.01 Å². The number of para-hydroxylation sites is 1. The number of aromatic nitrogens is 2. The van der Waals surface area contributed by atoms with E-state index in [1.54, 1.807) is 0 Å². The first kappa shape index (κ1) is 24.7. The number of rotatable bonds is 4. The third kappa shape index (κ3) is 3.37. The minimum atomic E-state index is -0.530. The molecular formula is C40H28N4+2. The van der Waals surface area contributed by atoms with E-state index in [0.29, 0.717) is 0 Å². The summed E-state index contributed by atoms with van der Waals surface area (Å²) in [5, 5.41) is 2.44. The van der Waals surface area contributed by atoms with Crippen LogP contribution in [0.3, 0.4) is 0 Å². The molecule has 0 amide bonds. The van der Waals surface area contributed by atoms with Gasteiger partial charge in [-0.1, -0.05) is 106 Å². The minimum absolute atomic E-state index is 0.530. The third-order valence-electron chi connectivity index (χ3n) is 9.20. The van der Waals surface area contributed by atoms with Gasteiger partial charge in [0.15, 0.2) is 7.05 Å². The predicted octanol–water partition coefficient (Wildman–Crippen LogP) is 8.49. The highest BCUT2D eigenvalue weighted by Gasteiger charge is 2.46. The second-order valence-corrected chi connectivity index (χ2v) is 11.5. The Labute approximate surface area is 255 Å². The van der Waals surface area contributed by atoms with Crippen LogP contribution in [0, 0.1) is 0 Å². The summed E-state index contributed by atoms with van der Waals surface area (Å²) in [5.74, 6) is 0.912. The Hall–Kier alpha value is -5.83. The highest BCUT2D eigenvalue weighted by atomic mass is 15.1. The molecule has 7 aromatic rings. The fourth-order valence-corrected chi connectivity index (χ4v) is 7.40. The second kappa shape index (κ2) is 9.34. The van der Waals surface area contributed by atoms with Gasteiger partial charge in [-0.15, -0.1) is 0 Å². The Morgan fingerprint density at radius 1 is 0.614 bits per heavy atom. The van der Waals surface area contributed by atoms with Gasteiger partial charge in [0.1, 0.15) is 5.82 Å². The molecule has 2 aromatic heterocycles. The Balaban J connectivity index is 1.41. The van der Waals surface area contributed by atoms with E-state index in [0.717, 1.165) is 22.5 Å². The van der Waals surface area contributed by atoms with Crippen molar-refractivity contribution in [3.8, 4) is 16.9 Å². The second-order valence-electron chi connectivity index (χ2n) is 11.5. The van der Waals surface area contributed by atoms with Gasteiger partial charge in [-0.3, -0.25) is 4.57 Å². The Morgan fingerprint density at radius 3 is 2.07 bits per heavy atom. The van der Waals surface area contributed by atoms with E-state index in [2.05, 4.69) is 149 Å². The molecule has 5 aromatic carbocycles. The van der Waals surface area contributed by atoms with Crippen molar-refractivity contribution in [1.29, 1.82) is 0 Å². The monoisotopic (exact) mass is 564 g/mol. The predicted molar refractivity (Wildman–Crippen MR) is 176 cm³/mol. The standard InChI is InChI=1S/C40H28N4/c1-42-23-24-43(27-42)30-12-10-11-28(25-30)40(35-16-5-2-13-31(35)32-14-3-6-17-36(32)40)29-20-21-34-33-15-4-7-18-37(33)44(38(34)26-29)39-19-8-9-22-41-39/h2-26H,1H3/q+2. The van der Waals surface area contributed by atoms with E-state index in [1.165, 1.54) is 44.2 Å². The molecule has 9 rings (SSSR count). The summed E-state index contributed by atoms with van der Waals surface area (Å²) in [4.78, 5) is 4.80. The fourth-order valence-electron chi connectivity index (χ4n) is 7.40. The maximum Gasteiger partial charge on any atom is 0.495 e. The van der Waals surface area contributed by atoms with Crippen LogP contribution in [0.1, 0.15) is 22.3 Å². The normalized spacial score (nSPS) is 14.5. The fraction of sp³-hybridized carbons (Fsp3) is 0.0500. The lowest BCUT2D eigenvalue weighted by Gasteiger charge is -2.34. The Morgan fingerprint density at radius 2 is 1.32 bits per heavy atom. The number of hydrogen-bond donors (Lipinski definition) is 0. The van der Waals surface area contributed by atoms with Gasteiger partial charge in [-0.25, -0.2) is 4.98 Å². The van der Waals surface area contributed by atoms with Gasteiger partial charge in [0.05, 0.1) is 16.4 Å². The zero-order chi connectivity index (χ0) is 29.3. The molecule has 1 aliphatic heterocycles. The van der Waals surface area contributed by atoms with Crippen LogP contribution >= 0.6 is 0 Å². The SMILES string of the molecule is C[N+]1=C=[N+](c2cccc(C3(c4ccc5c6ccccc6n(-c6ccccn6)c5c4)c4ccccc4-c4ccccc43)c2)C=C1. The lowest BCUT2D eigenvalue weighted by Crippen LogP contribution is -2.28. The number of fused-ring (bicyclic) bond motifs is 6. The lowest BCUT2D eigenvalue weighted by molar-refractivity contribution is -0.429. The first-order chi connectivity index (χ1) is 21.7. The van der Waals surface area contributed by atoms with Crippen LogP contribution in [0.25, 0.3) is 38.8 Å². The molecule has 0 unspecified atom stereocenters. The van der Waals surface area contributed by atoms with Gasteiger partial charge in [0.25, 0.3) is 6.20 Å². The van der Waals surface area contributed by atoms with Crippen LogP contribution in [-0.4, -0.2) is 31.8 Å². The van der Waals surface area contributed by atoms with E-state index < -0.39 is 5.41 Å². The van der Waals surface area contributed by atoms with Crippen molar-refractivity contribution in [2.45, 2.75) is 5.41 Å². The van der Waals surface area contributed by atoms with Crippen molar-refractivity contribution in [3.63, 3.8) is 0 Å². The lowest BCUT2D eigenvalue weighted by atomic mass is 9.67. The molecule has 0 bridgehead atoms. The summed E-state index contributed by atoms with van der Waals surface area (Å²) in [6, 6.07) is 51.9. The highest BCUT2D eigenvalue weighted by Crippen LogP contribution is 2.56. The van der Waals surface area contributed by atoms with E-state index in [-0.39, 0.29) is 0 Å². The van der Waals surface area contributed by atoms with Gasteiger partial charge in [0.2, 0.25) is 11.9 Å². The average molecular weight is 565 g/mol. The van der Waals surface area contributed by atoms with Gasteiger partial charge < -0.3 is 0 Å². The summed E-state index contributed by atoms with van der Waals surface area (Å²) in [6.07, 6.45) is 5.95. The molecule has 4 nitrogen and oxygen atoms in total. The number of pyridine rings is 1. The summed E-state index contributed by atoms with van der Waals surface area (Å²) >= 11 is 0. The van der Waals surface area contributed by atoms with E-state index in [4.69, 9.17) is 4.98 Å². The molecule has 0 atom stereocenters. The number of benzene rings is 5. The molecule has 0 saturated carbocycles. The van der Waals surface area contributed by atoms with Crippen LogP contribution in [0.4, 0.5) is 5.69 Å². The molecule has 0 spiro atoms. The van der Waals surface area contributed by atoms with Gasteiger partial charge in [-0.2, -0.15) is 0 Å². The highest BCUT2D eigenvalue weighted by molar-refractivity contribution is 6.09. The van der Waals surface area contributed by atoms with Crippen LogP contribution < -0.4 is 0 Å². The molecule has 206 valence electrons. The zero-order valence-electron chi connectivity index (χ0n) is 24.2. The zero-order valence-corrected chi connectivity index (χ0v) is 24.2. The minimum Gasteiger partial charge on any atom is -0.294 e. The number of hydrogen-bond acceptors (Lipinski definition) is 1. The maximum absolute atomic E-state index is 4.80. The maximum atomic E-state index is 4.80. The molecule has 0 radical (unpaired) electrons. The topological polar surface area (TPSA) is 23.8 Å². The average Bonchev–Trinajstić information content (AvgIpc) is 3.76. The van der Waals surface area contributed by atoms with Crippen molar-refractivity contribution in [3.05, 3.63) is 174 Å². The van der Waals surface area contributed by atoms with Crippen LogP contribution in [0.2, 0.25) is 0 Å². The van der Waals surface area contributed by atoms with Crippen LogP contribution in [0.15, 0.2) is 152 Å². The first-order valence-corrected chi connectivity index (χ1v) is 15.0. The quantitative estimate of drug-likeness (QED) is 0.197. The van der Waals surface area contributed by atoms with Gasteiger partial charge in [-0.05, 0) is 57.6 Å². The summed E-state index contributed by atoms with van der Waals surface area (Å²) < 4.78 is 6.32. The molecule has 3 heterocycles. The van der Waals surface area contributed by atoms with Crippen molar-refractivity contribution in [1.82, 2.24) is 9.55 Å². The van der Waals surface area contributed by atoms with Crippen LogP contribution in [0.5, 0.6) is 0 Å². The Kier molecular flexibility index (Phi) is 5.25. The van der Waals surface area contributed by atoms with Crippen molar-refractivity contribution < 1.29 is 9.15 Å². The number of nitrogens with zero attached hydrogens (tertiary/aromatic N) is 4. The first-order valence-electron chi connectivity index (χ1n) is 15.0. The molecule has 2 aliphatic rings. The van der Waals surface area contributed by atoms with Crippen LogP contribution in [-0.2, 0) is 5.41 Å². The largest absolute Gasteiger partial charge is 0.495 e. The van der Waals surface area contributed by atoms with Crippen molar-refractivity contribution in [2.24, 2.45) is 0 Å². The molecule has 4 heteroatoms. The summed E-state index contributed by atoms with van der Waals surface area (Å²) in [7, 11) is 2.00. The van der Waals surface area contributed by atoms with E-state index in [9.17, 15) is 0 Å². The van der Waals surface area contributed by atoms with E-state index in [1.807, 2.05) is 30.1 Å². The molecule has 1 aliphatic carbocycles. The molecule has 0 fully saturated rings. The smallest absolute Gasteiger partial charge is 0.294 e. The molecular weight excluding hydrogens is 536 g/mol. The summed E-state index contributed by atoms with van der Waals surface area (Å²) in [5.41, 5.74) is 10.4. The van der Waals surface area contributed by atoms with Gasteiger partial charge in [0, 0.05) is 29.1 Å². The molecule has 0 saturated heterocycles. The van der Waals surface area contributed by atoms with Crippen molar-refractivity contribution >= 4 is 33.5 Å². The molecule has 44 heavy (non-hydrogen) atoms. The van der Waals surface area contributed by atoms with E-state index >= 15 is 0 Å². The Bertz CT molecular complexity index is 2340.